The van der Waals surface area contributed by atoms with Crippen molar-refractivity contribution >= 4 is 5.91 Å². The van der Waals surface area contributed by atoms with Gasteiger partial charge in [-0.3, -0.25) is 4.79 Å². The van der Waals surface area contributed by atoms with Crippen molar-refractivity contribution in [1.82, 2.24) is 9.97 Å². The molecule has 0 aliphatic rings. The fraction of sp³-hybridized carbons (Fsp3) is 0.150. The molecule has 0 aliphatic carbocycles. The first-order valence-electron chi connectivity index (χ1n) is 8.42. The molecule has 0 aliphatic heterocycles. The lowest BCUT2D eigenvalue weighted by molar-refractivity contribution is -0.275. The Morgan fingerprint density at radius 3 is 2.21 bits per heavy atom. The number of aryl methyl sites for hydroxylation is 2. The molecule has 9 heteroatoms. The van der Waals surface area contributed by atoms with Gasteiger partial charge < -0.3 is 15.2 Å². The fourth-order valence-electron chi connectivity index (χ4n) is 2.75. The summed E-state index contributed by atoms with van der Waals surface area (Å²) in [4.78, 5) is 20.2. The summed E-state index contributed by atoms with van der Waals surface area (Å²) < 4.78 is 47.5. The summed E-state index contributed by atoms with van der Waals surface area (Å²) in [6, 6.07) is 10.7. The van der Waals surface area contributed by atoms with Crippen LogP contribution in [0.3, 0.4) is 0 Å². The first-order valence-corrected chi connectivity index (χ1v) is 8.42. The second-order valence-electron chi connectivity index (χ2n) is 6.14. The minimum atomic E-state index is -4.92. The minimum absolute atomic E-state index is 0.179. The zero-order valence-electron chi connectivity index (χ0n) is 15.4. The molecule has 2 N–H and O–H groups in total. The third-order valence-electron chi connectivity index (χ3n) is 4.01. The van der Waals surface area contributed by atoms with Gasteiger partial charge in [0, 0.05) is 11.8 Å². The molecule has 2 aromatic carbocycles. The normalized spacial score (nSPS) is 11.2. The molecular weight excluding hydrogens is 387 g/mol. The van der Waals surface area contributed by atoms with E-state index in [1.807, 2.05) is 32.0 Å². The van der Waals surface area contributed by atoms with Gasteiger partial charge in [-0.2, -0.15) is 4.98 Å². The average Bonchev–Trinajstić information content (AvgIpc) is 2.62. The molecule has 3 aromatic rings. The van der Waals surface area contributed by atoms with Gasteiger partial charge in [0.15, 0.2) is 17.3 Å². The van der Waals surface area contributed by atoms with Crippen molar-refractivity contribution in [1.29, 1.82) is 0 Å². The van der Waals surface area contributed by atoms with Gasteiger partial charge in [0.25, 0.3) is 5.91 Å². The Hall–Kier alpha value is -3.62. The Kier molecular flexibility index (Phi) is 5.40. The number of para-hydroxylation sites is 2. The van der Waals surface area contributed by atoms with Crippen molar-refractivity contribution < 1.29 is 27.4 Å². The van der Waals surface area contributed by atoms with E-state index in [-0.39, 0.29) is 23.0 Å². The number of hydrogen-bond acceptors (Lipinski definition) is 5. The van der Waals surface area contributed by atoms with Crippen LogP contribution in [0.15, 0.2) is 48.7 Å². The average molecular weight is 403 g/mol. The predicted octanol–water partition coefficient (Wildman–Crippen LogP) is 4.55. The van der Waals surface area contributed by atoms with Crippen LogP contribution in [0.2, 0.25) is 0 Å². The molecule has 0 atom stereocenters. The van der Waals surface area contributed by atoms with Crippen LogP contribution in [0, 0.1) is 13.8 Å². The Morgan fingerprint density at radius 2 is 1.62 bits per heavy atom. The Balaban J connectivity index is 2.09. The lowest BCUT2D eigenvalue weighted by Crippen LogP contribution is -2.18. The van der Waals surface area contributed by atoms with Crippen LogP contribution in [0.25, 0.3) is 11.4 Å². The zero-order chi connectivity index (χ0) is 21.2. The number of carbonyl (C=O) groups excluding carboxylic acids is 1. The van der Waals surface area contributed by atoms with E-state index in [0.29, 0.717) is 5.56 Å². The first kappa shape index (κ1) is 20.1. The van der Waals surface area contributed by atoms with E-state index in [1.54, 1.807) is 0 Å². The Morgan fingerprint density at radius 1 is 1.00 bits per heavy atom. The molecule has 1 amide bonds. The molecule has 0 saturated carbocycles. The van der Waals surface area contributed by atoms with Gasteiger partial charge in [-0.1, -0.05) is 30.3 Å². The molecule has 0 spiro atoms. The van der Waals surface area contributed by atoms with Crippen LogP contribution in [-0.4, -0.2) is 22.2 Å². The van der Waals surface area contributed by atoms with Crippen LogP contribution in [-0.2, 0) is 0 Å². The number of amides is 1. The number of nitrogens with two attached hydrogens (primary N) is 1. The zero-order valence-corrected chi connectivity index (χ0v) is 15.4. The predicted molar refractivity (Wildman–Crippen MR) is 98.7 cm³/mol. The van der Waals surface area contributed by atoms with Gasteiger partial charge in [0.2, 0.25) is 5.88 Å². The van der Waals surface area contributed by atoms with Crippen molar-refractivity contribution in [2.24, 2.45) is 5.73 Å². The summed E-state index contributed by atoms with van der Waals surface area (Å²) in [6.45, 7) is 3.72. The number of hydrogen-bond donors (Lipinski definition) is 1. The van der Waals surface area contributed by atoms with Gasteiger partial charge in [-0.15, -0.1) is 13.2 Å². The summed E-state index contributed by atoms with van der Waals surface area (Å²) in [5.74, 6) is -1.78. The maximum Gasteiger partial charge on any atom is 0.573 e. The molecular formula is C20H16F3N3O3. The highest BCUT2D eigenvalue weighted by Gasteiger charge is 2.32. The second-order valence-corrected chi connectivity index (χ2v) is 6.14. The summed E-state index contributed by atoms with van der Waals surface area (Å²) in [7, 11) is 0. The number of nitrogens with zero attached hydrogens (tertiary/aromatic N) is 2. The number of alkyl halides is 3. The molecule has 0 fully saturated rings. The third kappa shape index (κ3) is 4.63. The summed E-state index contributed by atoms with van der Waals surface area (Å²) in [5.41, 5.74) is 7.64. The van der Waals surface area contributed by atoms with E-state index >= 15 is 0 Å². The summed E-state index contributed by atoms with van der Waals surface area (Å²) in [5, 5.41) is 0. The summed E-state index contributed by atoms with van der Waals surface area (Å²) >= 11 is 0. The van der Waals surface area contributed by atoms with Crippen molar-refractivity contribution in [2.45, 2.75) is 20.2 Å². The molecule has 150 valence electrons. The number of benzene rings is 2. The monoisotopic (exact) mass is 403 g/mol. The van der Waals surface area contributed by atoms with E-state index in [2.05, 4.69) is 14.7 Å². The highest BCUT2D eigenvalue weighted by Crippen LogP contribution is 2.36. The van der Waals surface area contributed by atoms with Crippen LogP contribution < -0.4 is 15.2 Å². The van der Waals surface area contributed by atoms with Crippen molar-refractivity contribution in [2.75, 3.05) is 0 Å². The number of halogens is 3. The van der Waals surface area contributed by atoms with E-state index in [1.165, 1.54) is 24.4 Å². The molecule has 29 heavy (non-hydrogen) atoms. The molecule has 0 bridgehead atoms. The smallest absolute Gasteiger partial charge is 0.434 e. The van der Waals surface area contributed by atoms with Crippen molar-refractivity contribution in [3.63, 3.8) is 0 Å². The van der Waals surface area contributed by atoms with Crippen LogP contribution in [0.4, 0.5) is 13.2 Å². The third-order valence-corrected chi connectivity index (χ3v) is 4.01. The number of primary amides is 1. The van der Waals surface area contributed by atoms with Crippen molar-refractivity contribution in [3.8, 4) is 28.8 Å². The minimum Gasteiger partial charge on any atom is -0.434 e. The lowest BCUT2D eigenvalue weighted by Gasteiger charge is -2.15. The van der Waals surface area contributed by atoms with E-state index < -0.39 is 18.0 Å². The fourth-order valence-corrected chi connectivity index (χ4v) is 2.75. The number of rotatable bonds is 5. The van der Waals surface area contributed by atoms with Crippen LogP contribution in [0.5, 0.6) is 17.4 Å². The van der Waals surface area contributed by atoms with Crippen molar-refractivity contribution in [3.05, 3.63) is 65.4 Å². The SMILES string of the molecule is Cc1cccc(C)c1-c1ncc(C(N)=O)c(Oc2ccccc2OC(F)(F)F)n1. The van der Waals surface area contributed by atoms with Gasteiger partial charge >= 0.3 is 6.36 Å². The largest absolute Gasteiger partial charge is 0.573 e. The summed E-state index contributed by atoms with van der Waals surface area (Å²) in [6.07, 6.45) is -3.74. The molecule has 6 nitrogen and oxygen atoms in total. The molecule has 0 radical (unpaired) electrons. The number of aromatic nitrogens is 2. The highest BCUT2D eigenvalue weighted by atomic mass is 19.4. The Labute approximate surface area is 164 Å². The lowest BCUT2D eigenvalue weighted by atomic mass is 10.0. The standard InChI is InChI=1S/C20H16F3N3O3/c1-11-6-5-7-12(2)16(11)18-25-10-13(17(24)27)19(26-18)28-14-8-3-4-9-15(14)29-20(21,22)23/h3-10H,1-2H3,(H2,24,27). The van der Waals surface area contributed by atoms with E-state index in [9.17, 15) is 18.0 Å². The van der Waals surface area contributed by atoms with Gasteiger partial charge in [-0.05, 0) is 37.1 Å². The van der Waals surface area contributed by atoms with Crippen LogP contribution >= 0.6 is 0 Å². The first-order chi connectivity index (χ1) is 13.7. The number of ether oxygens (including phenoxy) is 2. The quantitative estimate of drug-likeness (QED) is 0.675. The van der Waals surface area contributed by atoms with Gasteiger partial charge in [0.1, 0.15) is 5.56 Å². The molecule has 0 unspecified atom stereocenters. The second kappa shape index (κ2) is 7.78. The topological polar surface area (TPSA) is 87.3 Å². The van der Waals surface area contributed by atoms with Gasteiger partial charge in [-0.25, -0.2) is 4.98 Å². The number of carbonyl (C=O) groups is 1. The molecule has 1 heterocycles. The maximum absolute atomic E-state index is 12.7. The van der Waals surface area contributed by atoms with E-state index in [4.69, 9.17) is 10.5 Å². The van der Waals surface area contributed by atoms with Crippen LogP contribution in [0.1, 0.15) is 21.5 Å². The maximum atomic E-state index is 12.7. The highest BCUT2D eigenvalue weighted by molar-refractivity contribution is 5.95. The molecule has 3 rings (SSSR count). The molecule has 1 aromatic heterocycles. The Bertz CT molecular complexity index is 1050. The van der Waals surface area contributed by atoms with Gasteiger partial charge in [0.05, 0.1) is 0 Å². The molecule has 0 saturated heterocycles. The van der Waals surface area contributed by atoms with E-state index in [0.717, 1.165) is 17.2 Å².